The second-order valence-electron chi connectivity index (χ2n) is 3.87. The van der Waals surface area contributed by atoms with Crippen LogP contribution in [0.4, 0.5) is 13.2 Å². The Balaban J connectivity index is 2.50. The minimum absolute atomic E-state index is 0.209. The van der Waals surface area contributed by atoms with Gasteiger partial charge in [-0.1, -0.05) is 0 Å². The first-order valence-electron chi connectivity index (χ1n) is 5.39. The number of furan rings is 1. The Hall–Kier alpha value is -2.44. The number of carboxylic acids is 1. The van der Waals surface area contributed by atoms with Crippen LogP contribution in [0.15, 0.2) is 34.7 Å². The first-order valence-corrected chi connectivity index (χ1v) is 5.39. The molecule has 20 heavy (non-hydrogen) atoms. The van der Waals surface area contributed by atoms with Crippen LogP contribution in [0.1, 0.15) is 16.1 Å². The highest BCUT2D eigenvalue weighted by Gasteiger charge is 2.38. The van der Waals surface area contributed by atoms with Gasteiger partial charge in [-0.2, -0.15) is 13.2 Å². The highest BCUT2D eigenvalue weighted by Crippen LogP contribution is 2.37. The summed E-state index contributed by atoms with van der Waals surface area (Å²) in [5, 5.41) is 10.7. The third kappa shape index (κ3) is 2.61. The molecule has 0 aliphatic heterocycles. The van der Waals surface area contributed by atoms with E-state index in [1.165, 1.54) is 31.4 Å². The number of carbonyl (C=O) groups excluding carboxylic acids is 1. The molecule has 2 aromatic rings. The second kappa shape index (κ2) is 4.92. The molecule has 0 unspecified atom stereocenters. The number of ether oxygens (including phenoxy) is 1. The number of halogens is 3. The van der Waals surface area contributed by atoms with Crippen molar-refractivity contribution in [2.24, 2.45) is 0 Å². The summed E-state index contributed by atoms with van der Waals surface area (Å²) in [5.74, 6) is -3.22. The van der Waals surface area contributed by atoms with E-state index in [1.54, 1.807) is 0 Å². The minimum atomic E-state index is -4.90. The van der Waals surface area contributed by atoms with Crippen LogP contribution < -0.4 is 9.84 Å². The van der Waals surface area contributed by atoms with Gasteiger partial charge in [0, 0.05) is 11.1 Å². The Kier molecular flexibility index (Phi) is 3.44. The lowest BCUT2D eigenvalue weighted by atomic mass is 10.1. The summed E-state index contributed by atoms with van der Waals surface area (Å²) in [5.41, 5.74) is -0.730. The third-order valence-corrected chi connectivity index (χ3v) is 2.58. The Morgan fingerprint density at radius 1 is 1.25 bits per heavy atom. The van der Waals surface area contributed by atoms with Crippen molar-refractivity contribution in [1.29, 1.82) is 0 Å². The predicted octanol–water partition coefficient (Wildman–Crippen LogP) is 2.34. The van der Waals surface area contributed by atoms with E-state index in [0.717, 1.165) is 6.07 Å². The van der Waals surface area contributed by atoms with Crippen LogP contribution >= 0.6 is 0 Å². The zero-order chi connectivity index (χ0) is 14.9. The molecular formula is C13H8F3O4-. The molecule has 0 fully saturated rings. The first kappa shape index (κ1) is 14.0. The molecule has 0 saturated heterocycles. The van der Waals surface area contributed by atoms with E-state index in [-0.39, 0.29) is 5.76 Å². The number of methoxy groups -OCH3 is 1. The molecule has 1 heterocycles. The summed E-state index contributed by atoms with van der Waals surface area (Å²) in [6.07, 6.45) is -4.90. The maximum atomic E-state index is 12.7. The van der Waals surface area contributed by atoms with E-state index in [0.29, 0.717) is 11.3 Å². The molecule has 0 aliphatic rings. The molecule has 0 N–H and O–H groups in total. The molecule has 1 aromatic carbocycles. The number of benzene rings is 1. The average Bonchev–Trinajstić information content (AvgIpc) is 2.84. The molecule has 0 radical (unpaired) electrons. The molecular weight excluding hydrogens is 277 g/mol. The number of carboxylic acid groups (broad SMARTS) is 1. The maximum absolute atomic E-state index is 12.7. The minimum Gasteiger partial charge on any atom is -0.545 e. The normalized spacial score (nSPS) is 11.4. The summed E-state index contributed by atoms with van der Waals surface area (Å²) in [7, 11) is 1.44. The van der Waals surface area contributed by atoms with E-state index in [4.69, 9.17) is 4.74 Å². The van der Waals surface area contributed by atoms with Gasteiger partial charge in [0.05, 0.1) is 13.1 Å². The van der Waals surface area contributed by atoms with E-state index < -0.39 is 23.5 Å². The highest BCUT2D eigenvalue weighted by atomic mass is 19.4. The molecule has 0 aliphatic carbocycles. The Bertz CT molecular complexity index is 626. The summed E-state index contributed by atoms with van der Waals surface area (Å²) >= 11 is 0. The second-order valence-corrected chi connectivity index (χ2v) is 3.87. The van der Waals surface area contributed by atoms with Crippen molar-refractivity contribution < 1.29 is 32.2 Å². The van der Waals surface area contributed by atoms with Crippen molar-refractivity contribution >= 4 is 5.97 Å². The van der Waals surface area contributed by atoms with Gasteiger partial charge in [-0.05, 0) is 30.3 Å². The standard InChI is InChI=1S/C13H9F3O4/c1-19-8-4-2-7(3-5-8)10-6-9(12(17)18)11(20-10)13(14,15)16/h2-6H,1H3,(H,17,18)/p-1. The Labute approximate surface area is 111 Å². The van der Waals surface area contributed by atoms with Crippen LogP contribution in [0.3, 0.4) is 0 Å². The summed E-state index contributed by atoms with van der Waals surface area (Å²) in [6, 6.07) is 6.74. The van der Waals surface area contributed by atoms with E-state index >= 15 is 0 Å². The van der Waals surface area contributed by atoms with Crippen LogP contribution in [0.5, 0.6) is 5.75 Å². The largest absolute Gasteiger partial charge is 0.545 e. The number of carbonyl (C=O) groups is 1. The summed E-state index contributed by atoms with van der Waals surface area (Å²) in [4.78, 5) is 10.7. The van der Waals surface area contributed by atoms with Gasteiger partial charge in [-0.3, -0.25) is 0 Å². The Morgan fingerprint density at radius 3 is 2.25 bits per heavy atom. The van der Waals surface area contributed by atoms with Crippen molar-refractivity contribution in [3.05, 3.63) is 41.7 Å². The summed E-state index contributed by atoms with van der Waals surface area (Å²) < 4.78 is 47.5. The van der Waals surface area contributed by atoms with Crippen LogP contribution in [-0.2, 0) is 6.18 Å². The zero-order valence-corrected chi connectivity index (χ0v) is 10.2. The van der Waals surface area contributed by atoms with Crippen molar-refractivity contribution in [2.75, 3.05) is 7.11 Å². The quantitative estimate of drug-likeness (QED) is 0.868. The molecule has 0 bridgehead atoms. The molecule has 0 amide bonds. The maximum Gasteiger partial charge on any atom is 0.450 e. The van der Waals surface area contributed by atoms with Crippen LogP contribution in [0.2, 0.25) is 0 Å². The van der Waals surface area contributed by atoms with E-state index in [9.17, 15) is 23.1 Å². The third-order valence-electron chi connectivity index (χ3n) is 2.58. The molecule has 0 atom stereocenters. The fraction of sp³-hybridized carbons (Fsp3) is 0.154. The fourth-order valence-electron chi connectivity index (χ4n) is 1.65. The lowest BCUT2D eigenvalue weighted by Crippen LogP contribution is -2.24. The molecule has 2 rings (SSSR count). The molecule has 7 heteroatoms. The number of aromatic carboxylic acids is 1. The SMILES string of the molecule is COc1ccc(-c2cc(C(=O)[O-])c(C(F)(F)F)o2)cc1. The first-order chi connectivity index (χ1) is 9.32. The molecule has 1 aromatic heterocycles. The smallest absolute Gasteiger partial charge is 0.450 e. The molecule has 106 valence electrons. The van der Waals surface area contributed by atoms with Crippen LogP contribution in [0, 0.1) is 0 Å². The summed E-state index contributed by atoms with van der Waals surface area (Å²) in [6.45, 7) is 0. The van der Waals surface area contributed by atoms with Gasteiger partial charge in [0.1, 0.15) is 11.5 Å². The number of rotatable bonds is 3. The van der Waals surface area contributed by atoms with Crippen molar-refractivity contribution in [3.63, 3.8) is 0 Å². The van der Waals surface area contributed by atoms with Crippen molar-refractivity contribution in [2.45, 2.75) is 6.18 Å². The van der Waals surface area contributed by atoms with Crippen molar-refractivity contribution in [3.8, 4) is 17.1 Å². The fourth-order valence-corrected chi connectivity index (χ4v) is 1.65. The lowest BCUT2D eigenvalue weighted by molar-refractivity contribution is -0.256. The van der Waals surface area contributed by atoms with Gasteiger partial charge in [0.15, 0.2) is 0 Å². The molecule has 0 spiro atoms. The number of hydrogen-bond donors (Lipinski definition) is 0. The number of hydrogen-bond acceptors (Lipinski definition) is 4. The van der Waals surface area contributed by atoms with Crippen molar-refractivity contribution in [1.82, 2.24) is 0 Å². The average molecular weight is 285 g/mol. The zero-order valence-electron chi connectivity index (χ0n) is 10.2. The van der Waals surface area contributed by atoms with Gasteiger partial charge < -0.3 is 19.1 Å². The van der Waals surface area contributed by atoms with Crippen LogP contribution in [-0.4, -0.2) is 13.1 Å². The van der Waals surface area contributed by atoms with Gasteiger partial charge >= 0.3 is 6.18 Å². The van der Waals surface area contributed by atoms with E-state index in [2.05, 4.69) is 4.42 Å². The van der Waals surface area contributed by atoms with Gasteiger partial charge in [0.25, 0.3) is 0 Å². The van der Waals surface area contributed by atoms with Gasteiger partial charge in [-0.15, -0.1) is 0 Å². The predicted molar refractivity (Wildman–Crippen MR) is 60.0 cm³/mol. The van der Waals surface area contributed by atoms with E-state index in [1.807, 2.05) is 0 Å². The molecule has 4 nitrogen and oxygen atoms in total. The Morgan fingerprint density at radius 2 is 1.85 bits per heavy atom. The van der Waals surface area contributed by atoms with Gasteiger partial charge in [-0.25, -0.2) is 0 Å². The highest BCUT2D eigenvalue weighted by molar-refractivity contribution is 5.89. The lowest BCUT2D eigenvalue weighted by Gasteiger charge is -2.06. The molecule has 0 saturated carbocycles. The monoisotopic (exact) mass is 285 g/mol. The van der Waals surface area contributed by atoms with Gasteiger partial charge in [0.2, 0.25) is 5.76 Å². The van der Waals surface area contributed by atoms with Crippen LogP contribution in [0.25, 0.3) is 11.3 Å². The topological polar surface area (TPSA) is 62.5 Å². The number of alkyl halides is 3.